The quantitative estimate of drug-likeness (QED) is 0.841. The lowest BCUT2D eigenvalue weighted by atomic mass is 9.91. The molecule has 3 heterocycles. The van der Waals surface area contributed by atoms with Crippen molar-refractivity contribution >= 4 is 23.5 Å². The number of amides is 2. The van der Waals surface area contributed by atoms with Crippen LogP contribution in [0.3, 0.4) is 0 Å². The maximum atomic E-state index is 12.3. The van der Waals surface area contributed by atoms with Crippen LogP contribution in [0.5, 0.6) is 0 Å². The highest BCUT2D eigenvalue weighted by molar-refractivity contribution is 6.02. The molecule has 3 N–H and O–H groups in total. The van der Waals surface area contributed by atoms with Crippen molar-refractivity contribution in [3.05, 3.63) is 42.2 Å². The predicted molar refractivity (Wildman–Crippen MR) is 91.8 cm³/mol. The first-order valence-electron chi connectivity index (χ1n) is 7.67. The summed E-state index contributed by atoms with van der Waals surface area (Å²) in [6, 6.07) is 3.35. The van der Waals surface area contributed by atoms with Gasteiger partial charge in [0.15, 0.2) is 11.8 Å². The molecule has 1 aliphatic rings. The molecule has 2 aromatic heterocycles. The first-order valence-corrected chi connectivity index (χ1v) is 7.67. The standard InChI is InChI=1S/C16H19N7O2/c1-16(9-12(24)23(3)15(17)21-16)11-8-10(4-5-18-11)20-14(25)13-19-6-7-22(13)2/h4-8H,9H2,1-3H3,(H2,17,21)(H,18,20,25). The number of hydrogen-bond acceptors (Lipinski definition) is 6. The van der Waals surface area contributed by atoms with Crippen molar-refractivity contribution in [2.75, 3.05) is 12.4 Å². The van der Waals surface area contributed by atoms with Crippen molar-refractivity contribution in [2.24, 2.45) is 17.8 Å². The number of aliphatic imine (C=N–C) groups is 1. The van der Waals surface area contributed by atoms with E-state index in [2.05, 4.69) is 20.3 Å². The van der Waals surface area contributed by atoms with Crippen LogP contribution in [0.1, 0.15) is 29.7 Å². The van der Waals surface area contributed by atoms with Gasteiger partial charge in [-0.3, -0.25) is 19.5 Å². The zero-order valence-corrected chi connectivity index (χ0v) is 14.2. The number of carbonyl (C=O) groups excluding carboxylic acids is 2. The highest BCUT2D eigenvalue weighted by Gasteiger charge is 2.37. The van der Waals surface area contributed by atoms with Crippen LogP contribution in [0.2, 0.25) is 0 Å². The van der Waals surface area contributed by atoms with E-state index in [1.165, 1.54) is 4.90 Å². The van der Waals surface area contributed by atoms with E-state index in [4.69, 9.17) is 5.73 Å². The number of nitrogens with two attached hydrogens (primary N) is 1. The van der Waals surface area contributed by atoms with Gasteiger partial charge in [-0.1, -0.05) is 0 Å². The van der Waals surface area contributed by atoms with Crippen molar-refractivity contribution in [3.63, 3.8) is 0 Å². The Morgan fingerprint density at radius 2 is 2.08 bits per heavy atom. The summed E-state index contributed by atoms with van der Waals surface area (Å²) in [6.07, 6.45) is 4.95. The Hall–Kier alpha value is -3.23. The Morgan fingerprint density at radius 3 is 2.72 bits per heavy atom. The minimum atomic E-state index is -0.877. The zero-order valence-electron chi connectivity index (χ0n) is 14.2. The number of rotatable bonds is 3. The lowest BCUT2D eigenvalue weighted by Crippen LogP contribution is -2.47. The van der Waals surface area contributed by atoms with Gasteiger partial charge in [-0.05, 0) is 19.1 Å². The van der Waals surface area contributed by atoms with Crippen LogP contribution in [0.15, 0.2) is 35.7 Å². The fourth-order valence-corrected chi connectivity index (χ4v) is 2.63. The van der Waals surface area contributed by atoms with E-state index < -0.39 is 5.54 Å². The van der Waals surface area contributed by atoms with Crippen LogP contribution in [-0.4, -0.2) is 44.3 Å². The van der Waals surface area contributed by atoms with Gasteiger partial charge in [0.05, 0.1) is 12.1 Å². The molecule has 9 nitrogen and oxygen atoms in total. The topological polar surface area (TPSA) is 118 Å². The number of aromatic nitrogens is 3. The molecule has 2 aromatic rings. The van der Waals surface area contributed by atoms with E-state index in [-0.39, 0.29) is 24.2 Å². The lowest BCUT2D eigenvalue weighted by Gasteiger charge is -2.32. The van der Waals surface area contributed by atoms with Gasteiger partial charge >= 0.3 is 0 Å². The van der Waals surface area contributed by atoms with E-state index in [1.54, 1.807) is 56.3 Å². The third kappa shape index (κ3) is 3.08. The number of nitrogens with zero attached hydrogens (tertiary/aromatic N) is 5. The maximum Gasteiger partial charge on any atom is 0.291 e. The Balaban J connectivity index is 1.88. The van der Waals surface area contributed by atoms with Crippen LogP contribution < -0.4 is 11.1 Å². The van der Waals surface area contributed by atoms with Crippen molar-refractivity contribution < 1.29 is 9.59 Å². The van der Waals surface area contributed by atoms with Crippen LogP contribution in [-0.2, 0) is 17.4 Å². The number of anilines is 1. The molecule has 0 saturated carbocycles. The zero-order chi connectivity index (χ0) is 18.2. The molecule has 1 unspecified atom stereocenters. The summed E-state index contributed by atoms with van der Waals surface area (Å²) in [4.78, 5) is 38.4. The van der Waals surface area contributed by atoms with E-state index >= 15 is 0 Å². The fraction of sp³-hybridized carbons (Fsp3) is 0.312. The summed E-state index contributed by atoms with van der Waals surface area (Å²) in [6.45, 7) is 1.79. The van der Waals surface area contributed by atoms with Crippen LogP contribution >= 0.6 is 0 Å². The number of nitrogens with one attached hydrogen (secondary N) is 1. The van der Waals surface area contributed by atoms with Gasteiger partial charge in [0, 0.05) is 38.4 Å². The third-order valence-corrected chi connectivity index (χ3v) is 4.17. The molecule has 130 valence electrons. The van der Waals surface area contributed by atoms with Gasteiger partial charge < -0.3 is 15.6 Å². The van der Waals surface area contributed by atoms with Gasteiger partial charge in [0.2, 0.25) is 5.91 Å². The van der Waals surface area contributed by atoms with Crippen LogP contribution in [0.4, 0.5) is 5.69 Å². The van der Waals surface area contributed by atoms with Crippen molar-refractivity contribution in [2.45, 2.75) is 18.9 Å². The predicted octanol–water partition coefficient (Wildman–Crippen LogP) is 0.459. The lowest BCUT2D eigenvalue weighted by molar-refractivity contribution is -0.128. The normalized spacial score (nSPS) is 20.4. The summed E-state index contributed by atoms with van der Waals surface area (Å²) < 4.78 is 1.62. The van der Waals surface area contributed by atoms with Crippen LogP contribution in [0, 0.1) is 0 Å². The van der Waals surface area contributed by atoms with Gasteiger partial charge in [-0.15, -0.1) is 0 Å². The van der Waals surface area contributed by atoms with Gasteiger partial charge in [0.1, 0.15) is 5.54 Å². The Kier molecular flexibility index (Phi) is 3.99. The highest BCUT2D eigenvalue weighted by atomic mass is 16.2. The van der Waals surface area contributed by atoms with E-state index in [9.17, 15) is 9.59 Å². The molecule has 0 saturated heterocycles. The van der Waals surface area contributed by atoms with Crippen molar-refractivity contribution in [1.29, 1.82) is 0 Å². The number of imidazole rings is 1. The van der Waals surface area contributed by atoms with E-state index in [0.717, 1.165) is 0 Å². The number of guanidine groups is 1. The monoisotopic (exact) mass is 341 g/mol. The number of hydrogen-bond donors (Lipinski definition) is 2. The van der Waals surface area contributed by atoms with Crippen molar-refractivity contribution in [1.82, 2.24) is 19.4 Å². The Labute approximate surface area is 144 Å². The smallest absolute Gasteiger partial charge is 0.291 e. The largest absolute Gasteiger partial charge is 0.369 e. The van der Waals surface area contributed by atoms with Crippen molar-refractivity contribution in [3.8, 4) is 0 Å². The summed E-state index contributed by atoms with van der Waals surface area (Å²) in [5.41, 5.74) is 6.04. The molecule has 0 radical (unpaired) electrons. The van der Waals surface area contributed by atoms with E-state index in [1.807, 2.05) is 0 Å². The molecule has 3 rings (SSSR count). The molecule has 0 aliphatic carbocycles. The second kappa shape index (κ2) is 6.00. The minimum absolute atomic E-state index is 0.140. The molecule has 0 spiro atoms. The van der Waals surface area contributed by atoms with Gasteiger partial charge in [0.25, 0.3) is 5.91 Å². The molecular formula is C16H19N7O2. The summed E-state index contributed by atoms with van der Waals surface area (Å²) >= 11 is 0. The molecule has 2 amide bonds. The molecule has 0 aromatic carbocycles. The van der Waals surface area contributed by atoms with E-state index in [0.29, 0.717) is 17.2 Å². The third-order valence-electron chi connectivity index (χ3n) is 4.17. The first kappa shape index (κ1) is 16.6. The molecule has 0 fully saturated rings. The SMILES string of the molecule is CN1C(=O)CC(C)(c2cc(NC(=O)c3nccn3C)ccn2)N=C1N. The van der Waals surface area contributed by atoms with Crippen LogP contribution in [0.25, 0.3) is 0 Å². The Bertz CT molecular complexity index is 873. The minimum Gasteiger partial charge on any atom is -0.369 e. The van der Waals surface area contributed by atoms with Gasteiger partial charge in [-0.2, -0.15) is 0 Å². The number of carbonyl (C=O) groups is 2. The average molecular weight is 341 g/mol. The summed E-state index contributed by atoms with van der Waals surface area (Å²) in [5, 5.41) is 2.78. The number of pyridine rings is 1. The Morgan fingerprint density at radius 1 is 1.32 bits per heavy atom. The second-order valence-corrected chi connectivity index (χ2v) is 6.12. The molecule has 1 atom stereocenters. The first-order chi connectivity index (χ1) is 11.8. The fourth-order valence-electron chi connectivity index (χ4n) is 2.63. The highest BCUT2D eigenvalue weighted by Crippen LogP contribution is 2.32. The number of aryl methyl sites for hydroxylation is 1. The summed E-state index contributed by atoms with van der Waals surface area (Å²) in [5.74, 6) is -0.0409. The molecule has 0 bridgehead atoms. The summed E-state index contributed by atoms with van der Waals surface area (Å²) in [7, 11) is 3.32. The molecule has 1 aliphatic heterocycles. The molecule has 25 heavy (non-hydrogen) atoms. The molecular weight excluding hydrogens is 322 g/mol. The molecule has 9 heteroatoms. The second-order valence-electron chi connectivity index (χ2n) is 6.12. The van der Waals surface area contributed by atoms with Gasteiger partial charge in [-0.25, -0.2) is 9.98 Å². The maximum absolute atomic E-state index is 12.3. The average Bonchev–Trinajstić information content (AvgIpc) is 2.99.